The number of halogens is 1. The molecule has 0 bridgehead atoms. The summed E-state index contributed by atoms with van der Waals surface area (Å²) < 4.78 is 0. The summed E-state index contributed by atoms with van der Waals surface area (Å²) in [5.74, 6) is 0.311. The lowest BCUT2D eigenvalue weighted by molar-refractivity contribution is 0.382. The number of aromatic hydroxyl groups is 2. The zero-order chi connectivity index (χ0) is 15.3. The molecule has 2 aliphatic rings. The molecule has 0 unspecified atom stereocenters. The summed E-state index contributed by atoms with van der Waals surface area (Å²) in [6, 6.07) is 3.96. The van der Waals surface area contributed by atoms with Gasteiger partial charge in [-0.3, -0.25) is 0 Å². The molecule has 0 radical (unpaired) electrons. The molecule has 23 heavy (non-hydrogen) atoms. The zero-order valence-corrected chi connectivity index (χ0v) is 14.8. The Hall–Kier alpha value is -1.23. The third kappa shape index (κ3) is 2.63. The minimum atomic E-state index is -0.00291. The smallest absolute Gasteiger partial charge is 0.157 e. The molecule has 2 heterocycles. The second-order valence-corrected chi connectivity index (χ2v) is 7.31. The average molecular weight is 352 g/mol. The second kappa shape index (κ2) is 6.34. The molecule has 1 aromatic heterocycles. The lowest BCUT2D eigenvalue weighted by Gasteiger charge is -2.38. The number of thiophene rings is 1. The maximum atomic E-state index is 9.94. The summed E-state index contributed by atoms with van der Waals surface area (Å²) >= 11 is 1.87. The number of benzene rings is 1. The van der Waals surface area contributed by atoms with E-state index in [1.165, 1.54) is 33.6 Å². The molecule has 0 amide bonds. The highest BCUT2D eigenvalue weighted by Crippen LogP contribution is 2.46. The highest BCUT2D eigenvalue weighted by Gasteiger charge is 2.37. The molecule has 0 spiro atoms. The van der Waals surface area contributed by atoms with Crippen molar-refractivity contribution in [3.05, 3.63) is 44.6 Å². The van der Waals surface area contributed by atoms with Gasteiger partial charge in [0.05, 0.1) is 0 Å². The Morgan fingerprint density at radius 1 is 1.26 bits per heavy atom. The van der Waals surface area contributed by atoms with E-state index in [9.17, 15) is 10.2 Å². The van der Waals surface area contributed by atoms with Crippen LogP contribution >= 0.6 is 23.7 Å². The molecule has 0 saturated heterocycles. The summed E-state index contributed by atoms with van der Waals surface area (Å²) in [5, 5.41) is 25.7. The van der Waals surface area contributed by atoms with Gasteiger partial charge in [0.1, 0.15) is 0 Å². The van der Waals surface area contributed by atoms with Gasteiger partial charge in [-0.15, -0.1) is 23.7 Å². The zero-order valence-electron chi connectivity index (χ0n) is 13.1. The van der Waals surface area contributed by atoms with Crippen LogP contribution in [0.5, 0.6) is 11.5 Å². The summed E-state index contributed by atoms with van der Waals surface area (Å²) in [6.45, 7) is 3.19. The van der Waals surface area contributed by atoms with E-state index < -0.39 is 0 Å². The number of nitrogens with one attached hydrogen (secondary N) is 1. The average Bonchev–Trinajstić information content (AvgIpc) is 2.92. The van der Waals surface area contributed by atoms with Crippen molar-refractivity contribution in [1.29, 1.82) is 0 Å². The van der Waals surface area contributed by atoms with Gasteiger partial charge in [0.25, 0.3) is 0 Å². The first kappa shape index (κ1) is 16.6. The summed E-state index contributed by atoms with van der Waals surface area (Å²) in [5.41, 5.74) is 5.30. The van der Waals surface area contributed by atoms with Gasteiger partial charge in [-0.25, -0.2) is 0 Å². The van der Waals surface area contributed by atoms with Crippen LogP contribution in [0.1, 0.15) is 52.8 Å². The fourth-order valence-corrected chi connectivity index (χ4v) is 5.30. The van der Waals surface area contributed by atoms with Crippen LogP contribution < -0.4 is 5.32 Å². The Labute approximate surface area is 146 Å². The number of fused-ring (bicyclic) bond motifs is 5. The van der Waals surface area contributed by atoms with Crippen molar-refractivity contribution in [3.63, 3.8) is 0 Å². The molecule has 0 saturated carbocycles. The number of hydrogen-bond donors (Lipinski definition) is 3. The number of phenolic OH excluding ortho intramolecular Hbond substituents is 2. The van der Waals surface area contributed by atoms with Crippen molar-refractivity contribution < 1.29 is 10.2 Å². The third-order valence-corrected chi connectivity index (χ3v) is 6.21. The van der Waals surface area contributed by atoms with Gasteiger partial charge in [0.15, 0.2) is 11.5 Å². The highest BCUT2D eigenvalue weighted by molar-refractivity contribution is 7.10. The van der Waals surface area contributed by atoms with Crippen molar-refractivity contribution >= 4 is 23.7 Å². The summed E-state index contributed by atoms with van der Waals surface area (Å²) in [7, 11) is 0. The van der Waals surface area contributed by atoms with Gasteiger partial charge >= 0.3 is 0 Å². The Morgan fingerprint density at radius 3 is 2.83 bits per heavy atom. The van der Waals surface area contributed by atoms with E-state index in [-0.39, 0.29) is 23.9 Å². The number of phenols is 2. The highest BCUT2D eigenvalue weighted by atomic mass is 35.5. The van der Waals surface area contributed by atoms with Crippen molar-refractivity contribution in [2.24, 2.45) is 0 Å². The van der Waals surface area contributed by atoms with E-state index in [1.807, 2.05) is 11.3 Å². The molecule has 2 atom stereocenters. The fraction of sp³-hybridized carbons (Fsp3) is 0.444. The predicted octanol–water partition coefficient (Wildman–Crippen LogP) is 4.08. The van der Waals surface area contributed by atoms with Crippen LogP contribution in [0.4, 0.5) is 0 Å². The molecular weight excluding hydrogens is 330 g/mol. The number of rotatable bonds is 2. The molecule has 1 aromatic carbocycles. The molecule has 1 aliphatic carbocycles. The Kier molecular flexibility index (Phi) is 4.59. The minimum Gasteiger partial charge on any atom is -0.504 e. The molecular formula is C18H22ClNO2S. The number of aryl methyl sites for hydroxylation is 2. The summed E-state index contributed by atoms with van der Waals surface area (Å²) in [6.07, 6.45) is 4.35. The van der Waals surface area contributed by atoms with Crippen LogP contribution in [0, 0.1) is 0 Å². The lowest BCUT2D eigenvalue weighted by Crippen LogP contribution is -2.42. The van der Waals surface area contributed by atoms with Crippen LogP contribution in [0.15, 0.2) is 17.5 Å². The van der Waals surface area contributed by atoms with Gasteiger partial charge in [-0.1, -0.05) is 13.3 Å². The van der Waals surface area contributed by atoms with E-state index in [0.29, 0.717) is 12.0 Å². The topological polar surface area (TPSA) is 52.5 Å². The molecule has 3 nitrogen and oxygen atoms in total. The van der Waals surface area contributed by atoms with Gasteiger partial charge in [-0.2, -0.15) is 0 Å². The molecule has 1 aliphatic heterocycles. The first-order valence-electron chi connectivity index (χ1n) is 8.06. The Morgan fingerprint density at radius 2 is 2.04 bits per heavy atom. The maximum Gasteiger partial charge on any atom is 0.157 e. The van der Waals surface area contributed by atoms with E-state index in [1.54, 1.807) is 12.1 Å². The largest absolute Gasteiger partial charge is 0.504 e. The third-order valence-electron chi connectivity index (χ3n) is 5.05. The van der Waals surface area contributed by atoms with Crippen molar-refractivity contribution in [1.82, 2.24) is 5.32 Å². The van der Waals surface area contributed by atoms with Crippen LogP contribution in [0.2, 0.25) is 0 Å². The maximum absolute atomic E-state index is 9.94. The normalized spacial score (nSPS) is 21.8. The predicted molar refractivity (Wildman–Crippen MR) is 96.1 cm³/mol. The monoisotopic (exact) mass is 351 g/mol. The van der Waals surface area contributed by atoms with E-state index in [0.717, 1.165) is 25.8 Å². The van der Waals surface area contributed by atoms with Gasteiger partial charge in [0.2, 0.25) is 0 Å². The Bertz CT molecular complexity index is 728. The number of hydrogen-bond acceptors (Lipinski definition) is 4. The molecule has 124 valence electrons. The van der Waals surface area contributed by atoms with Crippen LogP contribution in [-0.2, 0) is 19.4 Å². The fourth-order valence-electron chi connectivity index (χ4n) is 3.99. The van der Waals surface area contributed by atoms with E-state index >= 15 is 0 Å². The molecule has 4 rings (SSSR count). The molecule has 0 fully saturated rings. The molecule has 2 aromatic rings. The van der Waals surface area contributed by atoms with Crippen LogP contribution in [0.25, 0.3) is 0 Å². The second-order valence-electron chi connectivity index (χ2n) is 6.40. The first-order valence-corrected chi connectivity index (χ1v) is 8.94. The minimum absolute atomic E-state index is 0. The SMILES string of the molecule is CCCc1csc2c1CN[C@@H]1CCc3cc(O)c(O)cc3[C@@H]21.Cl. The van der Waals surface area contributed by atoms with E-state index in [2.05, 4.69) is 17.6 Å². The Balaban J connectivity index is 0.00000156. The molecule has 3 N–H and O–H groups in total. The summed E-state index contributed by atoms with van der Waals surface area (Å²) in [4.78, 5) is 1.46. The van der Waals surface area contributed by atoms with E-state index in [4.69, 9.17) is 0 Å². The van der Waals surface area contributed by atoms with Crippen molar-refractivity contribution in [3.8, 4) is 11.5 Å². The van der Waals surface area contributed by atoms with Crippen LogP contribution in [0.3, 0.4) is 0 Å². The van der Waals surface area contributed by atoms with Crippen molar-refractivity contribution in [2.45, 2.75) is 51.1 Å². The van der Waals surface area contributed by atoms with Gasteiger partial charge in [-0.05, 0) is 59.0 Å². The standard InChI is InChI=1S/C18H21NO2S.ClH/c1-2-3-11-9-22-18-13(11)8-19-14-5-4-10-6-15(20)16(21)7-12(10)17(14)18;/h6-7,9,14,17,19-21H,2-5,8H2,1H3;1H/t14-,17-;/m1./s1. The van der Waals surface area contributed by atoms with Gasteiger partial charge in [0, 0.05) is 23.4 Å². The van der Waals surface area contributed by atoms with Crippen LogP contribution in [-0.4, -0.2) is 16.3 Å². The lowest BCUT2D eigenvalue weighted by atomic mass is 9.75. The molecule has 5 heteroatoms. The van der Waals surface area contributed by atoms with Crippen molar-refractivity contribution in [2.75, 3.05) is 0 Å². The first-order chi connectivity index (χ1) is 10.7. The van der Waals surface area contributed by atoms with Gasteiger partial charge < -0.3 is 15.5 Å². The quantitative estimate of drug-likeness (QED) is 0.714.